The average Bonchev–Trinajstić information content (AvgIpc) is 2.22. The van der Waals surface area contributed by atoms with Crippen molar-refractivity contribution in [3.63, 3.8) is 0 Å². The summed E-state index contributed by atoms with van der Waals surface area (Å²) in [5, 5.41) is 0.288. The Hall–Kier alpha value is 0.514. The first kappa shape index (κ1) is 21.8. The van der Waals surface area contributed by atoms with Gasteiger partial charge in [0.1, 0.15) is 0 Å². The van der Waals surface area contributed by atoms with E-state index in [-0.39, 0.29) is 30.0 Å². The van der Waals surface area contributed by atoms with Crippen LogP contribution in [0.3, 0.4) is 0 Å². The fourth-order valence-electron chi connectivity index (χ4n) is 1.52. The fourth-order valence-corrected chi connectivity index (χ4v) is 2.81. The molecule has 0 aliphatic heterocycles. The standard InChI is InChI=1S/C16H33OSi.Li/c1-8-10-11-12-14-15(13-9-2)17-18(6,7)16(3,4)5;/h9,12,14-15H,8,10-11,13H2,1-7H3;/q-1;+1/b14-12-;/t15-;/m0./s1. The zero-order valence-electron chi connectivity index (χ0n) is 14.5. The number of hydrogen-bond acceptors (Lipinski definition) is 1. The van der Waals surface area contributed by atoms with Gasteiger partial charge in [-0.1, -0.05) is 52.7 Å². The summed E-state index contributed by atoms with van der Waals surface area (Å²) in [4.78, 5) is 0. The molecule has 0 amide bonds. The van der Waals surface area contributed by atoms with Crippen LogP contribution in [0.5, 0.6) is 0 Å². The molecule has 1 atom stereocenters. The van der Waals surface area contributed by atoms with E-state index in [0.29, 0.717) is 0 Å². The molecule has 1 nitrogen and oxygen atoms in total. The molecule has 0 fully saturated rings. The summed E-state index contributed by atoms with van der Waals surface area (Å²) < 4.78 is 6.44. The van der Waals surface area contributed by atoms with E-state index in [9.17, 15) is 0 Å². The van der Waals surface area contributed by atoms with Crippen LogP contribution in [0.2, 0.25) is 18.1 Å². The Bertz CT molecular complexity index is 244. The van der Waals surface area contributed by atoms with E-state index >= 15 is 0 Å². The fraction of sp³-hybridized carbons (Fsp3) is 0.812. The molecule has 0 bridgehead atoms. The van der Waals surface area contributed by atoms with E-state index < -0.39 is 8.32 Å². The number of unbranched alkanes of at least 4 members (excludes halogenated alkanes) is 2. The van der Waals surface area contributed by atoms with Crippen molar-refractivity contribution < 1.29 is 23.3 Å². The smallest absolute Gasteiger partial charge is 0.413 e. The van der Waals surface area contributed by atoms with Crippen LogP contribution in [0.15, 0.2) is 12.2 Å². The van der Waals surface area contributed by atoms with E-state index in [2.05, 4.69) is 66.3 Å². The SMILES string of the molecule is C[CH-]C[C@@H](/C=C\CCCC)O[Si](C)(C)C(C)(C)C.[Li+]. The summed E-state index contributed by atoms with van der Waals surface area (Å²) in [7, 11) is -1.64. The van der Waals surface area contributed by atoms with Crippen LogP contribution < -0.4 is 18.9 Å². The Kier molecular flexibility index (Phi) is 11.8. The maximum atomic E-state index is 6.44. The van der Waals surface area contributed by atoms with Crippen molar-refractivity contribution in [1.29, 1.82) is 0 Å². The van der Waals surface area contributed by atoms with Crippen molar-refractivity contribution >= 4 is 8.32 Å². The molecule has 0 N–H and O–H groups in total. The van der Waals surface area contributed by atoms with Crippen molar-refractivity contribution in [2.75, 3.05) is 0 Å². The topological polar surface area (TPSA) is 9.23 Å². The van der Waals surface area contributed by atoms with E-state index in [1.807, 2.05) is 0 Å². The molecular weight excluding hydrogens is 243 g/mol. The Balaban J connectivity index is 0. The second-order valence-corrected chi connectivity index (χ2v) is 11.4. The summed E-state index contributed by atoms with van der Waals surface area (Å²) >= 11 is 0. The van der Waals surface area contributed by atoms with Crippen LogP contribution in [0, 0.1) is 6.42 Å². The summed E-state index contributed by atoms with van der Waals surface area (Å²) in [6.45, 7) is 15.9. The maximum Gasteiger partial charge on any atom is 1.00 e. The van der Waals surface area contributed by atoms with Crippen LogP contribution in [0.25, 0.3) is 0 Å². The summed E-state index contributed by atoms with van der Waals surface area (Å²) in [5.74, 6) is 0. The molecular formula is C16H33LiOSi. The van der Waals surface area contributed by atoms with E-state index in [1.54, 1.807) is 0 Å². The minimum Gasteiger partial charge on any atom is -0.413 e. The van der Waals surface area contributed by atoms with Crippen LogP contribution >= 0.6 is 0 Å². The van der Waals surface area contributed by atoms with E-state index in [4.69, 9.17) is 4.43 Å². The molecule has 19 heavy (non-hydrogen) atoms. The minimum atomic E-state index is -1.64. The quantitative estimate of drug-likeness (QED) is 0.287. The molecule has 0 spiro atoms. The molecule has 0 aromatic carbocycles. The Morgan fingerprint density at radius 1 is 1.26 bits per heavy atom. The second kappa shape index (κ2) is 10.3. The Labute approximate surface area is 134 Å². The van der Waals surface area contributed by atoms with Gasteiger partial charge in [-0.05, 0) is 24.6 Å². The number of allylic oxidation sites excluding steroid dienone is 1. The predicted molar refractivity (Wildman–Crippen MR) is 85.3 cm³/mol. The van der Waals surface area contributed by atoms with Gasteiger partial charge in [0.25, 0.3) is 0 Å². The van der Waals surface area contributed by atoms with Crippen molar-refractivity contribution in [3.8, 4) is 0 Å². The third kappa shape index (κ3) is 9.13. The molecule has 0 aliphatic carbocycles. The van der Waals surface area contributed by atoms with Gasteiger partial charge in [-0.2, -0.15) is 13.3 Å². The van der Waals surface area contributed by atoms with Crippen molar-refractivity contribution in [2.45, 2.75) is 84.5 Å². The summed E-state index contributed by atoms with van der Waals surface area (Å²) in [5.41, 5.74) is 0. The van der Waals surface area contributed by atoms with E-state index in [0.717, 1.165) is 6.42 Å². The molecule has 0 rings (SSSR count). The molecule has 0 aliphatic rings. The van der Waals surface area contributed by atoms with Crippen molar-refractivity contribution in [3.05, 3.63) is 18.6 Å². The van der Waals surface area contributed by atoms with Crippen molar-refractivity contribution in [2.24, 2.45) is 0 Å². The normalized spacial score (nSPS) is 14.5. The predicted octanol–water partition coefficient (Wildman–Crippen LogP) is 2.74. The molecule has 108 valence electrons. The molecule has 0 heterocycles. The summed E-state index contributed by atoms with van der Waals surface area (Å²) in [6.07, 6.45) is 11.8. The van der Waals surface area contributed by atoms with Gasteiger partial charge in [-0.15, -0.1) is 0 Å². The molecule has 0 saturated heterocycles. The molecule has 0 radical (unpaired) electrons. The monoisotopic (exact) mass is 276 g/mol. The molecule has 0 unspecified atom stereocenters. The second-order valence-electron chi connectivity index (χ2n) is 6.63. The van der Waals surface area contributed by atoms with Crippen LogP contribution in [-0.4, -0.2) is 14.4 Å². The van der Waals surface area contributed by atoms with Gasteiger partial charge >= 0.3 is 18.9 Å². The van der Waals surface area contributed by atoms with Gasteiger partial charge in [-0.3, -0.25) is 0 Å². The third-order valence-corrected chi connectivity index (χ3v) is 8.30. The number of rotatable bonds is 8. The van der Waals surface area contributed by atoms with E-state index in [1.165, 1.54) is 19.3 Å². The van der Waals surface area contributed by atoms with Gasteiger partial charge in [0, 0.05) is 6.10 Å². The zero-order chi connectivity index (χ0) is 14.2. The van der Waals surface area contributed by atoms with Crippen LogP contribution in [-0.2, 0) is 4.43 Å². The van der Waals surface area contributed by atoms with Crippen molar-refractivity contribution in [1.82, 2.24) is 0 Å². The van der Waals surface area contributed by atoms with Crippen LogP contribution in [0.4, 0.5) is 0 Å². The molecule has 0 aromatic rings. The number of hydrogen-bond donors (Lipinski definition) is 0. The average molecular weight is 276 g/mol. The van der Waals surface area contributed by atoms with Gasteiger partial charge in [0.05, 0.1) is 0 Å². The van der Waals surface area contributed by atoms with Gasteiger partial charge in [-0.25, -0.2) is 0 Å². The molecule has 3 heteroatoms. The maximum absolute atomic E-state index is 6.44. The Morgan fingerprint density at radius 2 is 1.84 bits per heavy atom. The first-order chi connectivity index (χ1) is 8.24. The largest absolute Gasteiger partial charge is 1.00 e. The molecule has 0 aromatic heterocycles. The molecule has 0 saturated carbocycles. The zero-order valence-corrected chi connectivity index (χ0v) is 15.5. The van der Waals surface area contributed by atoms with Gasteiger partial charge < -0.3 is 10.8 Å². The first-order valence-electron chi connectivity index (χ1n) is 7.37. The first-order valence-corrected chi connectivity index (χ1v) is 10.3. The minimum absolute atomic E-state index is 0. The summed E-state index contributed by atoms with van der Waals surface area (Å²) in [6, 6.07) is 0. The van der Waals surface area contributed by atoms with Gasteiger partial charge in [0.15, 0.2) is 8.32 Å². The van der Waals surface area contributed by atoms with Gasteiger partial charge in [0.2, 0.25) is 0 Å². The third-order valence-electron chi connectivity index (χ3n) is 3.80. The van der Waals surface area contributed by atoms with Crippen LogP contribution in [0.1, 0.15) is 60.3 Å². The Morgan fingerprint density at radius 3 is 2.26 bits per heavy atom.